The molecule has 0 saturated heterocycles. The average Bonchev–Trinajstić information content (AvgIpc) is 2.34. The van der Waals surface area contributed by atoms with Gasteiger partial charge < -0.3 is 15.5 Å². The van der Waals surface area contributed by atoms with Gasteiger partial charge >= 0.3 is 35.5 Å². The molecule has 0 saturated carbocycles. The van der Waals surface area contributed by atoms with Crippen molar-refractivity contribution in [1.29, 1.82) is 0 Å². The van der Waals surface area contributed by atoms with Gasteiger partial charge in [0.05, 0.1) is 6.61 Å². The summed E-state index contributed by atoms with van der Waals surface area (Å²) in [4.78, 5) is 21.9. The third-order valence-electron chi connectivity index (χ3n) is 2.82. The summed E-state index contributed by atoms with van der Waals surface area (Å²) >= 11 is 0. The van der Waals surface area contributed by atoms with E-state index >= 15 is 0 Å². The molecule has 0 rings (SSSR count). The zero-order valence-corrected chi connectivity index (χ0v) is 11.2. The van der Waals surface area contributed by atoms with E-state index in [0.29, 0.717) is 6.42 Å². The summed E-state index contributed by atoms with van der Waals surface area (Å²) in [6, 6.07) is -1.18. The second-order valence-corrected chi connectivity index (χ2v) is 4.51. The maximum atomic E-state index is 11.4. The van der Waals surface area contributed by atoms with Gasteiger partial charge in [0.2, 0.25) is 5.91 Å². The first-order valence-corrected chi connectivity index (χ1v) is 6.74. The van der Waals surface area contributed by atoms with Crippen LogP contribution in [0.5, 0.6) is 0 Å². The van der Waals surface area contributed by atoms with Gasteiger partial charge in [0.1, 0.15) is 6.04 Å². The Morgan fingerprint density at radius 2 is 1.58 bits per heavy atom. The number of carboxylic acids is 1. The number of aliphatic hydroxyl groups is 1. The molecule has 0 aromatic heterocycles. The van der Waals surface area contributed by atoms with E-state index in [1.165, 1.54) is 25.7 Å². The molecule has 0 bridgehead atoms. The van der Waals surface area contributed by atoms with Crippen LogP contribution in [0.4, 0.5) is 0 Å². The number of aliphatic hydroxyl groups excluding tert-OH is 1. The molecule has 3 N–H and O–H groups in total. The monoisotopic (exact) mass is 283 g/mol. The van der Waals surface area contributed by atoms with Crippen molar-refractivity contribution in [2.24, 2.45) is 0 Å². The minimum atomic E-state index is -1.20. The summed E-state index contributed by atoms with van der Waals surface area (Å²) in [5.74, 6) is -1.50. The van der Waals surface area contributed by atoms with Crippen LogP contribution in [0.15, 0.2) is 0 Å². The Bertz CT molecular complexity index is 249. The Labute approximate surface area is 137 Å². The Balaban J connectivity index is 0. The first kappa shape index (κ1) is 21.2. The predicted octanol–water partition coefficient (Wildman–Crippen LogP) is 1.04. The first-order valence-electron chi connectivity index (χ1n) is 6.74. The standard InChI is InChI=1S/C13H25NO4.Na.H/c1-2-3-4-5-6-7-8-9-12(16)14-11(10-15)13(17)18;;/h11,15H,2-10H2,1H3,(H,14,16)(H,17,18);;/t11-;;/m0../s1. The number of nitrogens with one attached hydrogen (secondary N) is 1. The molecule has 0 aromatic rings. The molecule has 0 radical (unpaired) electrons. The van der Waals surface area contributed by atoms with E-state index in [0.717, 1.165) is 19.3 Å². The van der Waals surface area contributed by atoms with Gasteiger partial charge in [-0.2, -0.15) is 0 Å². The quantitative estimate of drug-likeness (QED) is 0.390. The van der Waals surface area contributed by atoms with Crippen molar-refractivity contribution in [3.8, 4) is 0 Å². The fourth-order valence-corrected chi connectivity index (χ4v) is 1.69. The molecular formula is C13H26NNaO4. The van der Waals surface area contributed by atoms with Gasteiger partial charge in [0.25, 0.3) is 0 Å². The molecule has 0 aliphatic heterocycles. The normalized spacial score (nSPS) is 11.5. The fourth-order valence-electron chi connectivity index (χ4n) is 1.69. The van der Waals surface area contributed by atoms with Crippen LogP contribution in [0.25, 0.3) is 0 Å². The molecule has 0 aliphatic rings. The summed E-state index contributed by atoms with van der Waals surface area (Å²) in [6.45, 7) is 1.60. The molecule has 0 heterocycles. The van der Waals surface area contributed by atoms with Gasteiger partial charge in [-0.25, -0.2) is 4.79 Å². The molecular weight excluding hydrogens is 257 g/mol. The Kier molecular flexibility index (Phi) is 16.0. The SMILES string of the molecule is CCCCCCCCCC(=O)N[C@@H](CO)C(=O)O.[NaH]. The number of hydrogen-bond acceptors (Lipinski definition) is 3. The molecule has 0 aliphatic carbocycles. The van der Waals surface area contributed by atoms with E-state index < -0.39 is 18.6 Å². The number of hydrogen-bond donors (Lipinski definition) is 3. The number of unbranched alkanes of at least 4 members (excludes halogenated alkanes) is 6. The molecule has 19 heavy (non-hydrogen) atoms. The predicted molar refractivity (Wildman–Crippen MR) is 76.4 cm³/mol. The van der Waals surface area contributed by atoms with Crippen LogP contribution in [0.1, 0.15) is 58.3 Å². The number of carbonyl (C=O) groups excluding carboxylic acids is 1. The summed E-state index contributed by atoms with van der Waals surface area (Å²) in [5, 5.41) is 19.7. The van der Waals surface area contributed by atoms with Crippen LogP contribution in [0, 0.1) is 0 Å². The number of carboxylic acid groups (broad SMARTS) is 1. The van der Waals surface area contributed by atoms with Gasteiger partial charge in [-0.15, -0.1) is 0 Å². The summed E-state index contributed by atoms with van der Waals surface area (Å²) in [7, 11) is 0. The average molecular weight is 283 g/mol. The Morgan fingerprint density at radius 1 is 1.05 bits per heavy atom. The number of amides is 1. The van der Waals surface area contributed by atoms with Gasteiger partial charge in [-0.1, -0.05) is 45.4 Å². The van der Waals surface area contributed by atoms with Crippen molar-refractivity contribution < 1.29 is 19.8 Å². The summed E-state index contributed by atoms with van der Waals surface area (Å²) in [6.07, 6.45) is 8.15. The minimum absolute atomic E-state index is 0. The van der Waals surface area contributed by atoms with Crippen molar-refractivity contribution >= 4 is 41.4 Å². The van der Waals surface area contributed by atoms with Crippen molar-refractivity contribution in [2.75, 3.05) is 6.61 Å². The van der Waals surface area contributed by atoms with E-state index in [1.807, 2.05) is 0 Å². The van der Waals surface area contributed by atoms with Crippen LogP contribution in [-0.2, 0) is 9.59 Å². The second kappa shape index (κ2) is 14.3. The molecule has 0 spiro atoms. The van der Waals surface area contributed by atoms with Crippen molar-refractivity contribution in [3.05, 3.63) is 0 Å². The van der Waals surface area contributed by atoms with Crippen LogP contribution >= 0.6 is 0 Å². The van der Waals surface area contributed by atoms with Crippen LogP contribution < -0.4 is 5.32 Å². The summed E-state index contributed by atoms with van der Waals surface area (Å²) < 4.78 is 0. The van der Waals surface area contributed by atoms with Crippen molar-refractivity contribution in [1.82, 2.24) is 5.32 Å². The second-order valence-electron chi connectivity index (χ2n) is 4.51. The Morgan fingerprint density at radius 3 is 2.05 bits per heavy atom. The van der Waals surface area contributed by atoms with Gasteiger partial charge in [0, 0.05) is 6.42 Å². The van der Waals surface area contributed by atoms with E-state index in [1.54, 1.807) is 0 Å². The number of rotatable bonds is 11. The number of carbonyl (C=O) groups is 2. The number of aliphatic carboxylic acids is 1. The molecule has 0 unspecified atom stereocenters. The van der Waals surface area contributed by atoms with Gasteiger partial charge in [0.15, 0.2) is 0 Å². The molecule has 108 valence electrons. The van der Waals surface area contributed by atoms with E-state index in [4.69, 9.17) is 10.2 Å². The maximum absolute atomic E-state index is 11.4. The van der Waals surface area contributed by atoms with Crippen LogP contribution in [0.3, 0.4) is 0 Å². The third-order valence-corrected chi connectivity index (χ3v) is 2.82. The van der Waals surface area contributed by atoms with E-state index in [2.05, 4.69) is 12.2 Å². The molecule has 0 fully saturated rings. The van der Waals surface area contributed by atoms with Gasteiger partial charge in [-0.3, -0.25) is 4.79 Å². The van der Waals surface area contributed by atoms with Crippen LogP contribution in [0.2, 0.25) is 0 Å². The van der Waals surface area contributed by atoms with Gasteiger partial charge in [-0.05, 0) is 6.42 Å². The topological polar surface area (TPSA) is 86.6 Å². The molecule has 1 atom stereocenters. The molecule has 5 nitrogen and oxygen atoms in total. The third kappa shape index (κ3) is 12.7. The Hall–Kier alpha value is -0.100. The zero-order valence-electron chi connectivity index (χ0n) is 11.2. The first-order chi connectivity index (χ1) is 8.61. The zero-order chi connectivity index (χ0) is 13.8. The fraction of sp³-hybridized carbons (Fsp3) is 0.846. The van der Waals surface area contributed by atoms with Crippen molar-refractivity contribution in [2.45, 2.75) is 64.3 Å². The van der Waals surface area contributed by atoms with Crippen LogP contribution in [-0.4, -0.2) is 64.3 Å². The molecule has 0 aromatic carbocycles. The van der Waals surface area contributed by atoms with Crippen molar-refractivity contribution in [3.63, 3.8) is 0 Å². The molecule has 1 amide bonds. The van der Waals surface area contributed by atoms with E-state index in [-0.39, 0.29) is 35.5 Å². The molecule has 6 heteroatoms. The summed E-state index contributed by atoms with van der Waals surface area (Å²) in [5.41, 5.74) is 0. The van der Waals surface area contributed by atoms with E-state index in [9.17, 15) is 9.59 Å².